The van der Waals surface area contributed by atoms with E-state index >= 15 is 0 Å². The third-order valence-corrected chi connectivity index (χ3v) is 3.59. The van der Waals surface area contributed by atoms with Crippen molar-refractivity contribution in [2.75, 3.05) is 0 Å². The van der Waals surface area contributed by atoms with Gasteiger partial charge in [-0.25, -0.2) is 0 Å². The van der Waals surface area contributed by atoms with Crippen molar-refractivity contribution < 1.29 is 0 Å². The molecule has 0 fully saturated rings. The highest BCUT2D eigenvalue weighted by Gasteiger charge is 2.10. The highest BCUT2D eigenvalue weighted by Crippen LogP contribution is 2.39. The minimum Gasteiger partial charge on any atom is -0.260 e. The molecule has 1 nitrogen and oxygen atoms in total. The molecule has 3 aromatic carbocycles. The Labute approximate surface area is 112 Å². The Hall–Kier alpha value is -1.80. The van der Waals surface area contributed by atoms with Crippen LogP contribution in [0.5, 0.6) is 0 Å². The van der Waals surface area contributed by atoms with E-state index in [-0.39, 0.29) is 0 Å². The van der Waals surface area contributed by atoms with Gasteiger partial charge in [0.25, 0.3) is 0 Å². The summed E-state index contributed by atoms with van der Waals surface area (Å²) < 4.78 is 0. The van der Waals surface area contributed by atoms with Crippen LogP contribution in [-0.4, -0.2) is 6.21 Å². The summed E-state index contributed by atoms with van der Waals surface area (Å²) in [6.07, 6.45) is 1.82. The van der Waals surface area contributed by atoms with E-state index in [1.54, 1.807) is 0 Å². The maximum atomic E-state index is 4.66. The fourth-order valence-electron chi connectivity index (χ4n) is 2.36. The molecule has 0 aliphatic heterocycles. The molecule has 0 bridgehead atoms. The van der Waals surface area contributed by atoms with Gasteiger partial charge in [-0.3, -0.25) is 4.99 Å². The first kappa shape index (κ1) is 11.3. The van der Waals surface area contributed by atoms with E-state index in [0.29, 0.717) is 0 Å². The first-order chi connectivity index (χ1) is 8.83. The standard InChI is InChI=1S/C16H13NS/c1-2-17-15-13-9-5-3-7-11(13)12-8-4-6-10-14(12)16(15)18/h2-10,18H,1H3. The average Bonchev–Trinajstić information content (AvgIpc) is 2.43. The Balaban J connectivity index is 2.62. The molecule has 0 saturated carbocycles. The Morgan fingerprint density at radius 2 is 1.33 bits per heavy atom. The van der Waals surface area contributed by atoms with E-state index in [0.717, 1.165) is 21.4 Å². The minimum absolute atomic E-state index is 0.947. The molecule has 3 aromatic rings. The van der Waals surface area contributed by atoms with Crippen molar-refractivity contribution in [2.45, 2.75) is 11.8 Å². The first-order valence-electron chi connectivity index (χ1n) is 5.94. The van der Waals surface area contributed by atoms with Crippen LogP contribution in [0.25, 0.3) is 21.5 Å². The van der Waals surface area contributed by atoms with Crippen molar-refractivity contribution in [3.63, 3.8) is 0 Å². The molecule has 0 amide bonds. The van der Waals surface area contributed by atoms with Gasteiger partial charge in [0.15, 0.2) is 0 Å². The molecule has 18 heavy (non-hydrogen) atoms. The van der Waals surface area contributed by atoms with Gasteiger partial charge in [0, 0.05) is 16.5 Å². The summed E-state index contributed by atoms with van der Waals surface area (Å²) in [7, 11) is 0. The maximum Gasteiger partial charge on any atom is 0.0843 e. The number of hydrogen-bond acceptors (Lipinski definition) is 2. The number of aliphatic imine (C=N–C) groups is 1. The molecule has 0 saturated heterocycles. The van der Waals surface area contributed by atoms with Gasteiger partial charge in [-0.2, -0.15) is 0 Å². The van der Waals surface area contributed by atoms with Gasteiger partial charge in [0.05, 0.1) is 5.69 Å². The van der Waals surface area contributed by atoms with Crippen molar-refractivity contribution in [1.82, 2.24) is 0 Å². The number of hydrogen-bond donors (Lipinski definition) is 1. The minimum atomic E-state index is 0.947. The van der Waals surface area contributed by atoms with Gasteiger partial charge in [0.2, 0.25) is 0 Å². The summed E-state index contributed by atoms with van der Waals surface area (Å²) in [5, 5.41) is 4.76. The fourth-order valence-corrected chi connectivity index (χ4v) is 2.74. The van der Waals surface area contributed by atoms with Crippen LogP contribution >= 0.6 is 12.6 Å². The zero-order chi connectivity index (χ0) is 12.5. The van der Waals surface area contributed by atoms with Crippen molar-refractivity contribution in [3.8, 4) is 0 Å². The molecule has 0 N–H and O–H groups in total. The van der Waals surface area contributed by atoms with Crippen molar-refractivity contribution in [3.05, 3.63) is 48.5 Å². The van der Waals surface area contributed by atoms with E-state index in [9.17, 15) is 0 Å². The molecule has 0 atom stereocenters. The molecule has 88 valence electrons. The van der Waals surface area contributed by atoms with Gasteiger partial charge in [-0.05, 0) is 23.1 Å². The summed E-state index contributed by atoms with van der Waals surface area (Å²) >= 11 is 4.66. The van der Waals surface area contributed by atoms with Crippen molar-refractivity contribution >= 4 is 46.1 Å². The molecular formula is C16H13NS. The smallest absolute Gasteiger partial charge is 0.0843 e. The second kappa shape index (κ2) is 4.46. The second-order valence-corrected chi connectivity index (χ2v) is 4.62. The van der Waals surface area contributed by atoms with Crippen LogP contribution in [0.3, 0.4) is 0 Å². The van der Waals surface area contributed by atoms with E-state index in [4.69, 9.17) is 0 Å². The molecule has 0 aliphatic rings. The monoisotopic (exact) mass is 251 g/mol. The highest BCUT2D eigenvalue weighted by molar-refractivity contribution is 7.80. The van der Waals surface area contributed by atoms with E-state index in [1.165, 1.54) is 10.8 Å². The zero-order valence-electron chi connectivity index (χ0n) is 10.1. The summed E-state index contributed by atoms with van der Waals surface area (Å²) in [6.45, 7) is 1.93. The first-order valence-corrected chi connectivity index (χ1v) is 6.38. The van der Waals surface area contributed by atoms with Crippen molar-refractivity contribution in [2.24, 2.45) is 4.99 Å². The number of nitrogens with zero attached hydrogens (tertiary/aromatic N) is 1. The zero-order valence-corrected chi connectivity index (χ0v) is 11.0. The third-order valence-electron chi connectivity index (χ3n) is 3.14. The summed E-state index contributed by atoms with van der Waals surface area (Å²) in [6, 6.07) is 16.7. The van der Waals surface area contributed by atoms with Crippen LogP contribution < -0.4 is 0 Å². The van der Waals surface area contributed by atoms with Crippen LogP contribution in [0.1, 0.15) is 6.92 Å². The predicted octanol–water partition coefficient (Wildman–Crippen LogP) is 5.00. The number of benzene rings is 3. The Bertz CT molecular complexity index is 759. The quantitative estimate of drug-likeness (QED) is 0.355. The van der Waals surface area contributed by atoms with Crippen molar-refractivity contribution in [1.29, 1.82) is 0 Å². The topological polar surface area (TPSA) is 12.4 Å². The van der Waals surface area contributed by atoms with E-state index in [1.807, 2.05) is 25.3 Å². The molecule has 2 heteroatoms. The van der Waals surface area contributed by atoms with Gasteiger partial charge in [-0.1, -0.05) is 48.5 Å². The third kappa shape index (κ3) is 1.61. The Morgan fingerprint density at radius 3 is 1.94 bits per heavy atom. The lowest BCUT2D eigenvalue weighted by Gasteiger charge is -2.10. The van der Waals surface area contributed by atoms with Gasteiger partial charge in [0.1, 0.15) is 0 Å². The van der Waals surface area contributed by atoms with E-state index in [2.05, 4.69) is 54.0 Å². The molecule has 0 radical (unpaired) electrons. The maximum absolute atomic E-state index is 4.66. The second-order valence-electron chi connectivity index (χ2n) is 4.18. The fraction of sp³-hybridized carbons (Fsp3) is 0.0625. The lowest BCUT2D eigenvalue weighted by Crippen LogP contribution is -1.82. The number of thiol groups is 1. The van der Waals surface area contributed by atoms with Crippen LogP contribution in [-0.2, 0) is 0 Å². The van der Waals surface area contributed by atoms with Crippen LogP contribution in [0.15, 0.2) is 58.4 Å². The lowest BCUT2D eigenvalue weighted by molar-refractivity contribution is 1.47. The van der Waals surface area contributed by atoms with Gasteiger partial charge in [-0.15, -0.1) is 12.6 Å². The Morgan fingerprint density at radius 1 is 0.833 bits per heavy atom. The normalized spacial score (nSPS) is 11.7. The molecule has 0 heterocycles. The summed E-state index contributed by atoms with van der Waals surface area (Å²) in [5.74, 6) is 0. The molecule has 0 aliphatic carbocycles. The number of rotatable bonds is 1. The summed E-state index contributed by atoms with van der Waals surface area (Å²) in [5.41, 5.74) is 0.954. The van der Waals surface area contributed by atoms with Gasteiger partial charge < -0.3 is 0 Å². The predicted molar refractivity (Wildman–Crippen MR) is 82.5 cm³/mol. The summed E-state index contributed by atoms with van der Waals surface area (Å²) in [4.78, 5) is 5.43. The van der Waals surface area contributed by atoms with Gasteiger partial charge >= 0.3 is 0 Å². The average molecular weight is 251 g/mol. The molecular weight excluding hydrogens is 238 g/mol. The molecule has 3 rings (SSSR count). The van der Waals surface area contributed by atoms with Crippen LogP contribution in [0.2, 0.25) is 0 Å². The molecule has 0 spiro atoms. The molecule has 0 unspecified atom stereocenters. The number of fused-ring (bicyclic) bond motifs is 3. The Kier molecular flexibility index (Phi) is 2.80. The van der Waals surface area contributed by atoms with Crippen LogP contribution in [0, 0.1) is 0 Å². The SMILES string of the molecule is CC=Nc1c(S)c2ccccc2c2ccccc12. The molecule has 0 aromatic heterocycles. The highest BCUT2D eigenvalue weighted by atomic mass is 32.1. The van der Waals surface area contributed by atoms with E-state index < -0.39 is 0 Å². The lowest BCUT2D eigenvalue weighted by atomic mass is 10.0. The van der Waals surface area contributed by atoms with Crippen LogP contribution in [0.4, 0.5) is 5.69 Å². The largest absolute Gasteiger partial charge is 0.260 e.